The van der Waals surface area contributed by atoms with Crippen LogP contribution in [0.2, 0.25) is 0 Å². The van der Waals surface area contributed by atoms with Crippen molar-refractivity contribution in [3.63, 3.8) is 0 Å². The van der Waals surface area contributed by atoms with Gasteiger partial charge in [0.25, 0.3) is 0 Å². The monoisotopic (exact) mass is 541 g/mol. The molecule has 78 valence electrons. The summed E-state index contributed by atoms with van der Waals surface area (Å²) in [4.78, 5) is 0. The van der Waals surface area contributed by atoms with E-state index < -0.39 is 0 Å². The third kappa shape index (κ3) is 2.87. The third-order valence-corrected chi connectivity index (χ3v) is 3.57. The minimum absolute atomic E-state index is 0. The summed E-state index contributed by atoms with van der Waals surface area (Å²) in [6.07, 6.45) is 2.21. The first kappa shape index (κ1) is 17.2. The molecule has 5 unspecified atom stereocenters. The zero-order valence-corrected chi connectivity index (χ0v) is 15.5. The Bertz CT molecular complexity index is 155. The molecule has 0 spiro atoms. The van der Waals surface area contributed by atoms with Crippen molar-refractivity contribution < 1.29 is 47.2 Å². The van der Waals surface area contributed by atoms with Crippen molar-refractivity contribution in [1.82, 2.24) is 0 Å². The summed E-state index contributed by atoms with van der Waals surface area (Å²) in [5.74, 6) is 3.75. The van der Waals surface area contributed by atoms with Gasteiger partial charge < -0.3 is 5.11 Å². The maximum atomic E-state index is 9.47. The van der Waals surface area contributed by atoms with E-state index in [0.717, 1.165) is 18.3 Å². The topological polar surface area (TPSA) is 20.2 Å². The molecule has 0 aromatic rings. The molecule has 2 rings (SSSR count). The Hall–Kier alpha value is 1.77. The van der Waals surface area contributed by atoms with Gasteiger partial charge in [-0.15, -0.1) is 0 Å². The summed E-state index contributed by atoms with van der Waals surface area (Å²) in [5.41, 5.74) is 0. The van der Waals surface area contributed by atoms with E-state index in [1.807, 2.05) is 0 Å². The van der Waals surface area contributed by atoms with Crippen LogP contribution in [0.25, 0.3) is 0 Å². The largest absolute Gasteiger partial charge is 0.425 e. The van der Waals surface area contributed by atoms with Gasteiger partial charge >= 0.3 is 0 Å². The van der Waals surface area contributed by atoms with E-state index in [0.29, 0.717) is 5.92 Å². The van der Waals surface area contributed by atoms with Gasteiger partial charge in [0, 0.05) is 42.1 Å². The van der Waals surface area contributed by atoms with E-state index in [1.54, 1.807) is 0 Å². The Labute approximate surface area is 113 Å². The molecule has 4 heteroatoms. The first-order valence-corrected chi connectivity index (χ1v) is 4.24. The average Bonchev–Trinajstić information content (AvgIpc) is 2.36. The molecule has 1 N–H and O–H groups in total. The summed E-state index contributed by atoms with van der Waals surface area (Å²) in [6, 6.07) is 0. The Balaban J connectivity index is 0. The van der Waals surface area contributed by atoms with E-state index in [1.165, 1.54) is 12.3 Å². The summed E-state index contributed by atoms with van der Waals surface area (Å²) >= 11 is 0. The van der Waals surface area contributed by atoms with Gasteiger partial charge in [0.15, 0.2) is 0 Å². The Morgan fingerprint density at radius 2 is 1.77 bits per heavy atom. The second-order valence-electron chi connectivity index (χ2n) is 3.94. The van der Waals surface area contributed by atoms with E-state index >= 15 is 0 Å². The summed E-state index contributed by atoms with van der Waals surface area (Å²) in [6.45, 7) is 4.57. The van der Waals surface area contributed by atoms with Crippen LogP contribution in [-0.2, 0) is 42.1 Å². The van der Waals surface area contributed by atoms with Crippen molar-refractivity contribution in [1.29, 1.82) is 0 Å². The van der Waals surface area contributed by atoms with Crippen LogP contribution in [0.3, 0.4) is 0 Å². The molecule has 13 heavy (non-hydrogen) atoms. The molecule has 0 aromatic heterocycles. The minimum Gasteiger partial charge on any atom is -0.425 e. The minimum atomic E-state index is -0.0452. The second-order valence-corrected chi connectivity index (χ2v) is 3.94. The quantitative estimate of drug-likeness (QED) is 0.366. The van der Waals surface area contributed by atoms with Crippen molar-refractivity contribution in [2.75, 3.05) is 0 Å². The molecule has 0 aromatic carbocycles. The predicted octanol–water partition coefficient (Wildman–Crippen LogP) is 1.67. The van der Waals surface area contributed by atoms with Crippen LogP contribution < -0.4 is 0 Å². The summed E-state index contributed by atoms with van der Waals surface area (Å²) in [5, 5.41) is 9.47. The molecule has 0 radical (unpaired) electrons. The fourth-order valence-electron chi connectivity index (χ4n) is 2.60. The third-order valence-electron chi connectivity index (χ3n) is 3.57. The number of hydrogen-bond acceptors (Lipinski definition) is 1. The van der Waals surface area contributed by atoms with E-state index in [4.69, 9.17) is 0 Å². The van der Waals surface area contributed by atoms with Crippen LogP contribution in [0.1, 0.15) is 26.7 Å². The summed E-state index contributed by atoms with van der Waals surface area (Å²) < 4.78 is 0. The normalized spacial score (nSPS) is 41.8. The molecular formula is C9H18OPW2-. The first-order chi connectivity index (χ1) is 4.70. The van der Waals surface area contributed by atoms with E-state index in [9.17, 15) is 5.11 Å². The van der Waals surface area contributed by atoms with Crippen molar-refractivity contribution in [3.05, 3.63) is 5.92 Å². The molecule has 0 saturated heterocycles. The molecule has 2 aliphatic rings. The van der Waals surface area contributed by atoms with Crippen LogP contribution >= 0.6 is 9.90 Å². The molecule has 2 saturated carbocycles. The van der Waals surface area contributed by atoms with Crippen LogP contribution in [0.4, 0.5) is 0 Å². The molecule has 0 aliphatic heterocycles. The van der Waals surface area contributed by atoms with Crippen LogP contribution in [0.5, 0.6) is 0 Å². The van der Waals surface area contributed by atoms with Crippen molar-refractivity contribution in [2.45, 2.75) is 32.8 Å². The number of rotatable bonds is 0. The Kier molecular flexibility index (Phi) is 8.41. The molecule has 1 nitrogen and oxygen atoms in total. The van der Waals surface area contributed by atoms with Gasteiger partial charge in [-0.1, -0.05) is 38.2 Å². The fraction of sp³-hybridized carbons (Fsp3) is 0.889. The molecule has 2 aliphatic carbocycles. The smallest absolute Gasteiger partial charge is 0 e. The molecule has 0 heterocycles. The first-order valence-electron chi connectivity index (χ1n) is 4.24. The zero-order valence-electron chi connectivity index (χ0n) is 8.19. The second kappa shape index (κ2) is 6.37. The molecule has 2 bridgehead atoms. The van der Waals surface area contributed by atoms with Crippen molar-refractivity contribution in [2.24, 2.45) is 17.8 Å². The van der Waals surface area contributed by atoms with Gasteiger partial charge in [0.2, 0.25) is 0 Å². The number of fused-ring (bicyclic) bond motifs is 2. The van der Waals surface area contributed by atoms with Gasteiger partial charge in [-0.05, 0) is 0 Å². The van der Waals surface area contributed by atoms with Crippen LogP contribution in [0, 0.1) is 23.7 Å². The zero-order chi connectivity index (χ0) is 7.30. The number of aliphatic hydroxyl groups excluding tert-OH is 1. The average molecular weight is 541 g/mol. The maximum absolute atomic E-state index is 9.47. The van der Waals surface area contributed by atoms with Gasteiger partial charge in [-0.3, -0.25) is 5.92 Å². The molecular weight excluding hydrogens is 523 g/mol. The summed E-state index contributed by atoms with van der Waals surface area (Å²) in [7, 11) is 0. The van der Waals surface area contributed by atoms with Crippen molar-refractivity contribution in [3.8, 4) is 0 Å². The van der Waals surface area contributed by atoms with Crippen molar-refractivity contribution >= 4 is 9.90 Å². The number of aliphatic hydroxyl groups is 1. The molecule has 5 atom stereocenters. The van der Waals surface area contributed by atoms with E-state index in [2.05, 4.69) is 13.8 Å². The Morgan fingerprint density at radius 1 is 1.23 bits per heavy atom. The van der Waals surface area contributed by atoms with Gasteiger partial charge in [0.05, 0.1) is 0 Å². The maximum Gasteiger partial charge on any atom is 0 e. The molecule has 0 amide bonds. The van der Waals surface area contributed by atoms with Crippen LogP contribution in [-0.4, -0.2) is 11.2 Å². The molecule has 2 fully saturated rings. The fourth-order valence-corrected chi connectivity index (χ4v) is 2.60. The number of hydrogen-bond donors (Lipinski definition) is 1. The Morgan fingerprint density at radius 3 is 2.08 bits per heavy atom. The van der Waals surface area contributed by atoms with Gasteiger partial charge in [-0.25, -0.2) is 0 Å². The van der Waals surface area contributed by atoms with Crippen LogP contribution in [0.15, 0.2) is 0 Å². The SMILES string of the molecule is CC1[C-]2CC(CC2O)C1C.P.[W].[W]. The standard InChI is InChI=1S/C9H15O.H3P.2W/c1-5-6(2)8-3-7(5)4-9(8)10;;;/h5-7,9-10H,3-4H2,1-2H3;1H3;;/q-1;;;. The van der Waals surface area contributed by atoms with E-state index in [-0.39, 0.29) is 58.1 Å². The van der Waals surface area contributed by atoms with Gasteiger partial charge in [-0.2, -0.15) is 22.2 Å². The predicted molar refractivity (Wildman–Crippen MR) is 51.4 cm³/mol. The van der Waals surface area contributed by atoms with Gasteiger partial charge in [0.1, 0.15) is 0 Å².